The molecule has 1 fully saturated rings. The van der Waals surface area contributed by atoms with Gasteiger partial charge in [0, 0.05) is 29.9 Å². The molecule has 2 N–H and O–H groups in total. The molecule has 3 rings (SSSR count). The average Bonchev–Trinajstić information content (AvgIpc) is 2.84. The maximum atomic E-state index is 11.0. The van der Waals surface area contributed by atoms with E-state index in [-0.39, 0.29) is 17.8 Å². The predicted octanol–water partition coefficient (Wildman–Crippen LogP) is 2.40. The lowest BCUT2D eigenvalue weighted by Gasteiger charge is -2.19. The second-order valence-corrected chi connectivity index (χ2v) is 5.01. The Balaban J connectivity index is 2.04. The lowest BCUT2D eigenvalue weighted by atomic mass is 10.1. The highest BCUT2D eigenvalue weighted by Crippen LogP contribution is 2.34. The molecule has 2 unspecified atom stereocenters. The van der Waals surface area contributed by atoms with Gasteiger partial charge in [-0.3, -0.25) is 15.1 Å². The first-order valence-electron chi connectivity index (χ1n) is 6.60. The normalized spacial score (nSPS) is 22.1. The quantitative estimate of drug-likeness (QED) is 0.684. The number of nitro groups is 1. The molecule has 2 atom stereocenters. The van der Waals surface area contributed by atoms with E-state index in [1.165, 1.54) is 6.07 Å². The van der Waals surface area contributed by atoms with E-state index in [4.69, 9.17) is 10.5 Å². The highest BCUT2D eigenvalue weighted by molar-refractivity contribution is 5.94. The van der Waals surface area contributed by atoms with E-state index in [0.717, 1.165) is 19.3 Å². The third kappa shape index (κ3) is 2.18. The molecule has 0 spiro atoms. The van der Waals surface area contributed by atoms with Gasteiger partial charge in [-0.05, 0) is 31.4 Å². The van der Waals surface area contributed by atoms with Crippen molar-refractivity contribution in [3.05, 3.63) is 40.7 Å². The van der Waals surface area contributed by atoms with Crippen molar-refractivity contribution in [1.29, 1.82) is 0 Å². The standard InChI is InChI=1S/C14H15N3O3/c15-11-2-1-3-14(11)20-13-5-4-12(17(18)19)9-6-7-16-8-10(9)13/h4-8,11,14H,1-3,15H2. The first-order chi connectivity index (χ1) is 9.66. The van der Waals surface area contributed by atoms with Gasteiger partial charge >= 0.3 is 0 Å². The fourth-order valence-electron chi connectivity index (χ4n) is 2.67. The lowest BCUT2D eigenvalue weighted by Crippen LogP contribution is -2.33. The molecular weight excluding hydrogens is 258 g/mol. The van der Waals surface area contributed by atoms with E-state index in [0.29, 0.717) is 16.5 Å². The van der Waals surface area contributed by atoms with Crippen LogP contribution < -0.4 is 10.5 Å². The number of nitrogens with zero attached hydrogens (tertiary/aromatic N) is 2. The van der Waals surface area contributed by atoms with Crippen LogP contribution in [0.1, 0.15) is 19.3 Å². The van der Waals surface area contributed by atoms with Crippen LogP contribution in [0.5, 0.6) is 5.75 Å². The van der Waals surface area contributed by atoms with Gasteiger partial charge in [-0.2, -0.15) is 0 Å². The summed E-state index contributed by atoms with van der Waals surface area (Å²) in [7, 11) is 0. The Morgan fingerprint density at radius 3 is 2.85 bits per heavy atom. The van der Waals surface area contributed by atoms with Gasteiger partial charge in [0.1, 0.15) is 11.9 Å². The monoisotopic (exact) mass is 273 g/mol. The molecule has 1 aromatic carbocycles. The highest BCUT2D eigenvalue weighted by atomic mass is 16.6. The topological polar surface area (TPSA) is 91.3 Å². The first kappa shape index (κ1) is 12.8. The van der Waals surface area contributed by atoms with E-state index in [2.05, 4.69) is 4.98 Å². The van der Waals surface area contributed by atoms with Crippen molar-refractivity contribution in [3.63, 3.8) is 0 Å². The number of nitro benzene ring substituents is 1. The van der Waals surface area contributed by atoms with Crippen LogP contribution in [0.2, 0.25) is 0 Å². The fraction of sp³-hybridized carbons (Fsp3) is 0.357. The van der Waals surface area contributed by atoms with Crippen LogP contribution in [0.15, 0.2) is 30.6 Å². The number of non-ortho nitro benzene ring substituents is 1. The number of hydrogen-bond donors (Lipinski definition) is 1. The van der Waals surface area contributed by atoms with Crippen LogP contribution in [0.4, 0.5) is 5.69 Å². The molecule has 6 heteroatoms. The van der Waals surface area contributed by atoms with Crippen LogP contribution in [0.3, 0.4) is 0 Å². The van der Waals surface area contributed by atoms with E-state index in [9.17, 15) is 10.1 Å². The third-order valence-corrected chi connectivity index (χ3v) is 3.73. The van der Waals surface area contributed by atoms with Crippen molar-refractivity contribution < 1.29 is 9.66 Å². The molecule has 1 saturated carbocycles. The molecule has 1 aliphatic carbocycles. The molecule has 0 aliphatic heterocycles. The van der Waals surface area contributed by atoms with Crippen LogP contribution >= 0.6 is 0 Å². The van der Waals surface area contributed by atoms with Crippen molar-refractivity contribution in [2.24, 2.45) is 5.73 Å². The van der Waals surface area contributed by atoms with Crippen molar-refractivity contribution in [2.45, 2.75) is 31.4 Å². The molecule has 0 amide bonds. The minimum absolute atomic E-state index is 0.0249. The molecule has 0 radical (unpaired) electrons. The second kappa shape index (κ2) is 5.05. The maximum Gasteiger partial charge on any atom is 0.277 e. The molecule has 1 aliphatic rings. The SMILES string of the molecule is NC1CCCC1Oc1ccc([N+](=O)[O-])c2ccncc12. The van der Waals surface area contributed by atoms with Crippen LogP contribution in [-0.4, -0.2) is 22.1 Å². The Morgan fingerprint density at radius 1 is 1.30 bits per heavy atom. The molecule has 1 heterocycles. The molecule has 0 bridgehead atoms. The van der Waals surface area contributed by atoms with E-state index < -0.39 is 4.92 Å². The minimum Gasteiger partial charge on any atom is -0.488 e. The van der Waals surface area contributed by atoms with Crippen LogP contribution in [0.25, 0.3) is 10.8 Å². The minimum atomic E-state index is -0.395. The molecule has 1 aromatic heterocycles. The molecule has 104 valence electrons. The Hall–Kier alpha value is -2.21. The van der Waals surface area contributed by atoms with Gasteiger partial charge in [-0.25, -0.2) is 0 Å². The Bertz CT molecular complexity index is 659. The average molecular weight is 273 g/mol. The first-order valence-corrected chi connectivity index (χ1v) is 6.60. The van der Waals surface area contributed by atoms with Gasteiger partial charge in [0.25, 0.3) is 5.69 Å². The molecule has 6 nitrogen and oxygen atoms in total. The molecular formula is C14H15N3O3. The number of aromatic nitrogens is 1. The van der Waals surface area contributed by atoms with Gasteiger partial charge in [0.15, 0.2) is 0 Å². The zero-order valence-electron chi connectivity index (χ0n) is 10.9. The van der Waals surface area contributed by atoms with Gasteiger partial charge in [0.05, 0.1) is 10.3 Å². The summed E-state index contributed by atoms with van der Waals surface area (Å²) in [5.74, 6) is 0.612. The van der Waals surface area contributed by atoms with Gasteiger partial charge < -0.3 is 10.5 Å². The van der Waals surface area contributed by atoms with Gasteiger partial charge in [0.2, 0.25) is 0 Å². The smallest absolute Gasteiger partial charge is 0.277 e. The number of rotatable bonds is 3. The zero-order valence-corrected chi connectivity index (χ0v) is 10.9. The Morgan fingerprint density at radius 2 is 2.15 bits per heavy atom. The predicted molar refractivity (Wildman–Crippen MR) is 74.6 cm³/mol. The second-order valence-electron chi connectivity index (χ2n) is 5.01. The summed E-state index contributed by atoms with van der Waals surface area (Å²) in [6.07, 6.45) is 6.03. The Labute approximate surface area is 115 Å². The summed E-state index contributed by atoms with van der Waals surface area (Å²) < 4.78 is 5.95. The van der Waals surface area contributed by atoms with Crippen LogP contribution in [-0.2, 0) is 0 Å². The number of benzene rings is 1. The molecule has 2 aromatic rings. The number of fused-ring (bicyclic) bond motifs is 1. The lowest BCUT2D eigenvalue weighted by molar-refractivity contribution is -0.383. The van der Waals surface area contributed by atoms with Gasteiger partial charge in [-0.15, -0.1) is 0 Å². The summed E-state index contributed by atoms with van der Waals surface area (Å²) >= 11 is 0. The molecule has 20 heavy (non-hydrogen) atoms. The number of nitrogens with two attached hydrogens (primary N) is 1. The largest absolute Gasteiger partial charge is 0.488 e. The summed E-state index contributed by atoms with van der Waals surface area (Å²) in [5.41, 5.74) is 6.06. The van der Waals surface area contributed by atoms with E-state index in [1.807, 2.05) is 0 Å². The summed E-state index contributed by atoms with van der Waals surface area (Å²) in [4.78, 5) is 14.7. The van der Waals surface area contributed by atoms with Crippen molar-refractivity contribution >= 4 is 16.5 Å². The number of ether oxygens (including phenoxy) is 1. The number of hydrogen-bond acceptors (Lipinski definition) is 5. The van der Waals surface area contributed by atoms with Crippen molar-refractivity contribution in [1.82, 2.24) is 4.98 Å². The van der Waals surface area contributed by atoms with Crippen molar-refractivity contribution in [3.8, 4) is 5.75 Å². The van der Waals surface area contributed by atoms with Gasteiger partial charge in [-0.1, -0.05) is 0 Å². The van der Waals surface area contributed by atoms with Crippen molar-refractivity contribution in [2.75, 3.05) is 0 Å². The summed E-state index contributed by atoms with van der Waals surface area (Å²) in [6.45, 7) is 0. The third-order valence-electron chi connectivity index (χ3n) is 3.73. The fourth-order valence-corrected chi connectivity index (χ4v) is 2.67. The molecule has 0 saturated heterocycles. The zero-order chi connectivity index (χ0) is 14.1. The summed E-state index contributed by atoms with van der Waals surface area (Å²) in [5, 5.41) is 12.2. The van der Waals surface area contributed by atoms with E-state index >= 15 is 0 Å². The Kier molecular flexibility index (Phi) is 3.23. The number of pyridine rings is 1. The highest BCUT2D eigenvalue weighted by Gasteiger charge is 2.26. The maximum absolute atomic E-state index is 11.0. The van der Waals surface area contributed by atoms with E-state index in [1.54, 1.807) is 24.5 Å². The van der Waals surface area contributed by atoms with Crippen LogP contribution in [0, 0.1) is 10.1 Å². The summed E-state index contributed by atoms with van der Waals surface area (Å²) in [6, 6.07) is 4.76.